The molecule has 7 heteroatoms. The van der Waals surface area contributed by atoms with Crippen LogP contribution in [-0.4, -0.2) is 19.9 Å². The van der Waals surface area contributed by atoms with Gasteiger partial charge >= 0.3 is 0 Å². The number of aromatic amines is 1. The van der Waals surface area contributed by atoms with Crippen molar-refractivity contribution in [2.75, 3.05) is 6.54 Å². The number of H-pyrrole nitrogens is 1. The Bertz CT molecular complexity index is 913. The van der Waals surface area contributed by atoms with Gasteiger partial charge in [0, 0.05) is 23.6 Å². The van der Waals surface area contributed by atoms with Crippen LogP contribution in [0.15, 0.2) is 44.5 Å². The molecule has 0 amide bonds. The molecule has 3 aromatic rings. The highest BCUT2D eigenvalue weighted by molar-refractivity contribution is 9.11. The second-order valence-corrected chi connectivity index (χ2v) is 9.53. The first-order chi connectivity index (χ1) is 10.5. The van der Waals surface area contributed by atoms with E-state index in [1.165, 1.54) is 16.9 Å². The molecule has 0 aliphatic rings. The van der Waals surface area contributed by atoms with Crippen molar-refractivity contribution in [3.05, 3.63) is 51.4 Å². The second-order valence-electron chi connectivity index (χ2n) is 5.07. The molecule has 0 saturated carbocycles. The molecule has 22 heavy (non-hydrogen) atoms. The monoisotopic (exact) mass is 398 g/mol. The van der Waals surface area contributed by atoms with Crippen LogP contribution in [0.3, 0.4) is 0 Å². The highest BCUT2D eigenvalue weighted by Crippen LogP contribution is 2.26. The number of aryl methyl sites for hydroxylation is 1. The smallest absolute Gasteiger partial charge is 0.250 e. The standard InChI is InChI=1S/C15H15BrN2O2S2/c1-10-2-3-13-12(8-10)11(9-17-13)6-7-18-22(19,20)15-5-4-14(16)21-15/h2-5,8-9,17-18H,6-7H2,1H3. The molecule has 0 fully saturated rings. The summed E-state index contributed by atoms with van der Waals surface area (Å²) in [5, 5.41) is 1.15. The average Bonchev–Trinajstić information content (AvgIpc) is 3.06. The zero-order valence-electron chi connectivity index (χ0n) is 11.9. The van der Waals surface area contributed by atoms with Crippen LogP contribution in [-0.2, 0) is 16.4 Å². The van der Waals surface area contributed by atoms with Crippen LogP contribution in [0, 0.1) is 6.92 Å². The van der Waals surface area contributed by atoms with Gasteiger partial charge in [-0.2, -0.15) is 0 Å². The lowest BCUT2D eigenvalue weighted by Gasteiger charge is -2.04. The molecule has 4 nitrogen and oxygen atoms in total. The van der Waals surface area contributed by atoms with E-state index in [1.54, 1.807) is 12.1 Å². The number of sulfonamides is 1. The van der Waals surface area contributed by atoms with Gasteiger partial charge in [0.25, 0.3) is 0 Å². The molecule has 0 radical (unpaired) electrons. The van der Waals surface area contributed by atoms with Crippen LogP contribution >= 0.6 is 27.3 Å². The molecule has 1 aromatic carbocycles. The van der Waals surface area contributed by atoms with Gasteiger partial charge < -0.3 is 4.98 Å². The van der Waals surface area contributed by atoms with E-state index in [9.17, 15) is 8.42 Å². The number of nitrogens with one attached hydrogen (secondary N) is 2. The minimum absolute atomic E-state index is 0.328. The predicted molar refractivity (Wildman–Crippen MR) is 93.9 cm³/mol. The summed E-state index contributed by atoms with van der Waals surface area (Å²) in [7, 11) is -3.43. The Kier molecular flexibility index (Phi) is 4.40. The van der Waals surface area contributed by atoms with E-state index in [1.807, 2.05) is 19.2 Å². The molecule has 0 spiro atoms. The minimum Gasteiger partial charge on any atom is -0.361 e. The molecule has 2 N–H and O–H groups in total. The summed E-state index contributed by atoms with van der Waals surface area (Å²) in [6.45, 7) is 2.42. The van der Waals surface area contributed by atoms with Crippen molar-refractivity contribution in [2.24, 2.45) is 0 Å². The third kappa shape index (κ3) is 3.27. The fraction of sp³-hybridized carbons (Fsp3) is 0.200. The van der Waals surface area contributed by atoms with Crippen molar-refractivity contribution >= 4 is 48.2 Å². The largest absolute Gasteiger partial charge is 0.361 e. The van der Waals surface area contributed by atoms with Crippen molar-refractivity contribution in [1.82, 2.24) is 9.71 Å². The molecular weight excluding hydrogens is 384 g/mol. The molecular formula is C15H15BrN2O2S2. The van der Waals surface area contributed by atoms with Gasteiger partial charge in [-0.3, -0.25) is 0 Å². The first-order valence-corrected chi connectivity index (χ1v) is 9.86. The first kappa shape index (κ1) is 15.7. The summed E-state index contributed by atoms with van der Waals surface area (Å²) in [5.74, 6) is 0. The van der Waals surface area contributed by atoms with Crippen molar-refractivity contribution in [2.45, 2.75) is 17.6 Å². The van der Waals surface area contributed by atoms with Crippen LogP contribution < -0.4 is 4.72 Å². The molecule has 0 unspecified atom stereocenters. The first-order valence-electron chi connectivity index (χ1n) is 6.77. The zero-order chi connectivity index (χ0) is 15.7. The lowest BCUT2D eigenvalue weighted by atomic mass is 10.1. The van der Waals surface area contributed by atoms with E-state index in [-0.39, 0.29) is 0 Å². The normalized spacial score (nSPS) is 12.1. The fourth-order valence-corrected chi connectivity index (χ4v) is 5.42. The Morgan fingerprint density at radius 3 is 2.82 bits per heavy atom. The maximum Gasteiger partial charge on any atom is 0.250 e. The maximum atomic E-state index is 12.2. The van der Waals surface area contributed by atoms with Gasteiger partial charge in [-0.1, -0.05) is 11.6 Å². The Morgan fingerprint density at radius 2 is 2.09 bits per heavy atom. The Hall–Kier alpha value is -1.15. The van der Waals surface area contributed by atoms with Crippen molar-refractivity contribution in [3.63, 3.8) is 0 Å². The summed E-state index contributed by atoms with van der Waals surface area (Å²) >= 11 is 4.49. The second kappa shape index (κ2) is 6.16. The van der Waals surface area contributed by atoms with E-state index < -0.39 is 10.0 Å². The van der Waals surface area contributed by atoms with Crippen LogP contribution in [0.1, 0.15) is 11.1 Å². The molecule has 0 atom stereocenters. The number of thiophene rings is 1. The molecule has 2 aromatic heterocycles. The van der Waals surface area contributed by atoms with Gasteiger partial charge in [-0.15, -0.1) is 11.3 Å². The SMILES string of the molecule is Cc1ccc2[nH]cc(CCNS(=O)(=O)c3ccc(Br)s3)c2c1. The van der Waals surface area contributed by atoms with Gasteiger partial charge in [-0.05, 0) is 59.1 Å². The van der Waals surface area contributed by atoms with Crippen molar-refractivity contribution in [1.29, 1.82) is 0 Å². The summed E-state index contributed by atoms with van der Waals surface area (Å²) in [6, 6.07) is 9.56. The number of rotatable bonds is 5. The van der Waals surface area contributed by atoms with Gasteiger partial charge in [0.1, 0.15) is 4.21 Å². The van der Waals surface area contributed by atoms with Crippen molar-refractivity contribution < 1.29 is 8.42 Å². The molecule has 3 rings (SSSR count). The maximum absolute atomic E-state index is 12.2. The van der Waals surface area contributed by atoms with Crippen LogP contribution in [0.5, 0.6) is 0 Å². The van der Waals surface area contributed by atoms with Crippen LogP contribution in [0.2, 0.25) is 0 Å². The Morgan fingerprint density at radius 1 is 1.27 bits per heavy atom. The number of fused-ring (bicyclic) bond motifs is 1. The summed E-state index contributed by atoms with van der Waals surface area (Å²) in [5.41, 5.74) is 3.39. The third-order valence-corrected chi connectivity index (χ3v) is 7.00. The van der Waals surface area contributed by atoms with E-state index in [0.717, 1.165) is 20.3 Å². The number of aromatic nitrogens is 1. The fourth-order valence-electron chi connectivity index (χ4n) is 2.33. The lowest BCUT2D eigenvalue weighted by molar-refractivity contribution is 0.584. The van der Waals surface area contributed by atoms with Gasteiger partial charge in [0.05, 0.1) is 3.79 Å². The molecule has 2 heterocycles. The van der Waals surface area contributed by atoms with Crippen LogP contribution in [0.25, 0.3) is 10.9 Å². The number of halogens is 1. The van der Waals surface area contributed by atoms with E-state index in [0.29, 0.717) is 17.2 Å². The van der Waals surface area contributed by atoms with E-state index in [4.69, 9.17) is 0 Å². The molecule has 0 aliphatic heterocycles. The summed E-state index contributed by atoms with van der Waals surface area (Å²) in [6.07, 6.45) is 2.59. The third-order valence-electron chi connectivity index (χ3n) is 3.42. The Labute approximate surface area is 141 Å². The Balaban J connectivity index is 1.71. The summed E-state index contributed by atoms with van der Waals surface area (Å²) < 4.78 is 28.1. The van der Waals surface area contributed by atoms with Gasteiger partial charge in [0.15, 0.2) is 0 Å². The molecule has 0 bridgehead atoms. The van der Waals surface area contributed by atoms with E-state index in [2.05, 4.69) is 37.8 Å². The minimum atomic E-state index is -3.43. The van der Waals surface area contributed by atoms with Crippen molar-refractivity contribution in [3.8, 4) is 0 Å². The number of benzene rings is 1. The number of hydrogen-bond acceptors (Lipinski definition) is 3. The topological polar surface area (TPSA) is 62.0 Å². The quantitative estimate of drug-likeness (QED) is 0.685. The lowest BCUT2D eigenvalue weighted by Crippen LogP contribution is -2.25. The average molecular weight is 399 g/mol. The molecule has 0 aliphatic carbocycles. The molecule has 116 valence electrons. The highest BCUT2D eigenvalue weighted by atomic mass is 79.9. The highest BCUT2D eigenvalue weighted by Gasteiger charge is 2.16. The van der Waals surface area contributed by atoms with Gasteiger partial charge in [0.2, 0.25) is 10.0 Å². The predicted octanol–water partition coefficient (Wildman–Crippen LogP) is 3.82. The van der Waals surface area contributed by atoms with E-state index >= 15 is 0 Å². The van der Waals surface area contributed by atoms with Crippen LogP contribution in [0.4, 0.5) is 0 Å². The molecule has 0 saturated heterocycles. The summed E-state index contributed by atoms with van der Waals surface area (Å²) in [4.78, 5) is 3.22. The van der Waals surface area contributed by atoms with Gasteiger partial charge in [-0.25, -0.2) is 13.1 Å². The number of hydrogen-bond donors (Lipinski definition) is 2. The zero-order valence-corrected chi connectivity index (χ0v) is 15.1.